The normalized spacial score (nSPS) is 14.1. The Bertz CT molecular complexity index is 833. The molecule has 0 spiro atoms. The molecule has 0 saturated carbocycles. The molecule has 0 aliphatic carbocycles. The van der Waals surface area contributed by atoms with Crippen molar-refractivity contribution in [1.82, 2.24) is 16.0 Å². The van der Waals surface area contributed by atoms with Gasteiger partial charge in [0.25, 0.3) is 0 Å². The third-order valence-corrected chi connectivity index (χ3v) is 4.95. The number of hydrogen-bond acceptors (Lipinski definition) is 8. The number of aliphatic carboxylic acids is 2. The summed E-state index contributed by atoms with van der Waals surface area (Å²) >= 11 is 0. The maximum Gasteiger partial charge on any atom is 0.326 e. The molecule has 11 N–H and O–H groups in total. The van der Waals surface area contributed by atoms with E-state index in [9.17, 15) is 38.7 Å². The number of primary amides is 2. The van der Waals surface area contributed by atoms with E-state index in [0.29, 0.717) is 0 Å². The molecule has 0 radical (unpaired) electrons. The second-order valence-corrected chi connectivity index (χ2v) is 8.70. The first kappa shape index (κ1) is 32.2. The Morgan fingerprint density at radius 3 is 1.56 bits per heavy atom. The second-order valence-electron chi connectivity index (χ2n) is 8.70. The molecule has 0 fully saturated rings. The van der Waals surface area contributed by atoms with Crippen molar-refractivity contribution >= 4 is 41.5 Å². The van der Waals surface area contributed by atoms with Gasteiger partial charge in [-0.25, -0.2) is 4.79 Å². The van der Waals surface area contributed by atoms with Gasteiger partial charge < -0.3 is 43.4 Å². The topological polar surface area (TPSA) is 274 Å². The first-order valence-corrected chi connectivity index (χ1v) is 11.3. The van der Waals surface area contributed by atoms with E-state index in [-0.39, 0.29) is 50.9 Å². The molecule has 0 aromatic heterocycles. The second kappa shape index (κ2) is 16.0. The highest BCUT2D eigenvalue weighted by atomic mass is 16.4. The lowest BCUT2D eigenvalue weighted by atomic mass is 10.0. The molecule has 0 bridgehead atoms. The fraction of sp³-hybridized carbons (Fsp3) is 0.667. The SMILES string of the molecule is CC(C)CC(NC(=O)C(CCC(N)=O)NC(=O)C(N)CCC(=O)O)C(=O)NC(CCC(N)=O)C(=O)O. The van der Waals surface area contributed by atoms with Crippen molar-refractivity contribution in [1.29, 1.82) is 0 Å². The quantitative estimate of drug-likeness (QED) is 0.0932. The molecule has 36 heavy (non-hydrogen) atoms. The van der Waals surface area contributed by atoms with Crippen LogP contribution in [0.1, 0.15) is 58.8 Å². The minimum atomic E-state index is -1.44. The van der Waals surface area contributed by atoms with Gasteiger partial charge in [0.1, 0.15) is 18.1 Å². The monoisotopic (exact) mass is 516 g/mol. The average Bonchev–Trinajstić information content (AvgIpc) is 2.75. The van der Waals surface area contributed by atoms with E-state index in [1.807, 2.05) is 0 Å². The molecule has 0 heterocycles. The maximum absolute atomic E-state index is 12.9. The first-order chi connectivity index (χ1) is 16.6. The zero-order valence-electron chi connectivity index (χ0n) is 20.3. The Balaban J connectivity index is 5.56. The molecule has 0 aromatic rings. The zero-order valence-corrected chi connectivity index (χ0v) is 20.3. The van der Waals surface area contributed by atoms with Crippen LogP contribution in [-0.4, -0.2) is 75.9 Å². The minimum Gasteiger partial charge on any atom is -0.481 e. The summed E-state index contributed by atoms with van der Waals surface area (Å²) < 4.78 is 0. The molecule has 15 heteroatoms. The first-order valence-electron chi connectivity index (χ1n) is 11.3. The number of carboxylic acid groups (broad SMARTS) is 2. The summed E-state index contributed by atoms with van der Waals surface area (Å²) in [5.74, 6) is -6.75. The van der Waals surface area contributed by atoms with Gasteiger partial charge in [-0.05, 0) is 31.6 Å². The van der Waals surface area contributed by atoms with Crippen LogP contribution in [-0.2, 0) is 33.6 Å². The number of nitrogens with two attached hydrogens (primary N) is 3. The van der Waals surface area contributed by atoms with E-state index in [0.717, 1.165) is 0 Å². The van der Waals surface area contributed by atoms with Gasteiger partial charge in [-0.2, -0.15) is 0 Å². The molecule has 0 aromatic carbocycles. The van der Waals surface area contributed by atoms with Gasteiger partial charge in [0.05, 0.1) is 6.04 Å². The summed E-state index contributed by atoms with van der Waals surface area (Å²) in [6, 6.07) is -5.24. The van der Waals surface area contributed by atoms with Crippen LogP contribution in [0.2, 0.25) is 0 Å². The van der Waals surface area contributed by atoms with Gasteiger partial charge in [0.2, 0.25) is 29.5 Å². The van der Waals surface area contributed by atoms with Crippen LogP contribution >= 0.6 is 0 Å². The number of amides is 5. The number of carbonyl (C=O) groups excluding carboxylic acids is 5. The maximum atomic E-state index is 12.9. The van der Waals surface area contributed by atoms with Gasteiger partial charge in [0, 0.05) is 19.3 Å². The molecule has 204 valence electrons. The standard InChI is InChI=1S/C21H36N6O9/c1-10(2)9-14(20(34)26-13(21(35)36)5-7-16(24)29)27-19(33)12(4-6-15(23)28)25-18(32)11(22)3-8-17(30)31/h10-14H,3-9,22H2,1-2H3,(H2,23,28)(H2,24,29)(H,25,32)(H,26,34)(H,27,33)(H,30,31)(H,35,36). The lowest BCUT2D eigenvalue weighted by Gasteiger charge is -2.26. The van der Waals surface area contributed by atoms with Gasteiger partial charge in [0.15, 0.2) is 0 Å². The summed E-state index contributed by atoms with van der Waals surface area (Å²) in [4.78, 5) is 82.5. The molecule has 0 aliphatic heterocycles. The summed E-state index contributed by atoms with van der Waals surface area (Å²) in [6.45, 7) is 3.50. The number of carbonyl (C=O) groups is 7. The molecule has 4 atom stereocenters. The molecule has 0 rings (SSSR count). The van der Waals surface area contributed by atoms with Crippen molar-refractivity contribution in [2.24, 2.45) is 23.1 Å². The summed E-state index contributed by atoms with van der Waals surface area (Å²) in [6.07, 6.45) is -1.57. The lowest BCUT2D eigenvalue weighted by molar-refractivity contribution is -0.143. The third kappa shape index (κ3) is 13.8. The predicted molar refractivity (Wildman–Crippen MR) is 125 cm³/mol. The van der Waals surface area contributed by atoms with Crippen molar-refractivity contribution < 1.29 is 43.8 Å². The van der Waals surface area contributed by atoms with Crippen molar-refractivity contribution in [2.75, 3.05) is 0 Å². The van der Waals surface area contributed by atoms with Crippen LogP contribution in [0.4, 0.5) is 0 Å². The molecular weight excluding hydrogens is 480 g/mol. The number of nitrogens with one attached hydrogen (secondary N) is 3. The molecule has 0 saturated heterocycles. The van der Waals surface area contributed by atoms with Crippen LogP contribution in [0.15, 0.2) is 0 Å². The summed E-state index contributed by atoms with van der Waals surface area (Å²) in [7, 11) is 0. The van der Waals surface area contributed by atoms with Gasteiger partial charge in [-0.1, -0.05) is 13.8 Å². The summed E-state index contributed by atoms with van der Waals surface area (Å²) in [5, 5.41) is 25.1. The van der Waals surface area contributed by atoms with Crippen molar-refractivity contribution in [3.63, 3.8) is 0 Å². The van der Waals surface area contributed by atoms with Gasteiger partial charge >= 0.3 is 11.9 Å². The fourth-order valence-corrected chi connectivity index (χ4v) is 3.04. The Labute approximate surface area is 207 Å². The predicted octanol–water partition coefficient (Wildman–Crippen LogP) is -2.71. The molecule has 0 aliphatic rings. The fourth-order valence-electron chi connectivity index (χ4n) is 3.04. The molecule has 4 unspecified atom stereocenters. The van der Waals surface area contributed by atoms with Crippen LogP contribution in [0.5, 0.6) is 0 Å². The third-order valence-electron chi connectivity index (χ3n) is 4.95. The number of rotatable bonds is 18. The Hall–Kier alpha value is -3.75. The van der Waals surface area contributed by atoms with E-state index >= 15 is 0 Å². The Kier molecular flexibility index (Phi) is 14.4. The lowest BCUT2D eigenvalue weighted by Crippen LogP contribution is -2.57. The highest BCUT2D eigenvalue weighted by molar-refractivity contribution is 5.94. The minimum absolute atomic E-state index is 0.0916. The zero-order chi connectivity index (χ0) is 28.0. The Morgan fingerprint density at radius 1 is 0.667 bits per heavy atom. The van der Waals surface area contributed by atoms with E-state index in [1.54, 1.807) is 13.8 Å². The average molecular weight is 517 g/mol. The van der Waals surface area contributed by atoms with Crippen LogP contribution in [0, 0.1) is 5.92 Å². The van der Waals surface area contributed by atoms with E-state index < -0.39 is 65.6 Å². The highest BCUT2D eigenvalue weighted by Gasteiger charge is 2.31. The largest absolute Gasteiger partial charge is 0.481 e. The van der Waals surface area contributed by atoms with Crippen molar-refractivity contribution in [2.45, 2.75) is 83.0 Å². The number of hydrogen-bond donors (Lipinski definition) is 8. The van der Waals surface area contributed by atoms with Crippen LogP contribution in [0.25, 0.3) is 0 Å². The van der Waals surface area contributed by atoms with Crippen molar-refractivity contribution in [3.8, 4) is 0 Å². The van der Waals surface area contributed by atoms with E-state index in [1.165, 1.54) is 0 Å². The number of carboxylic acids is 2. The molecule has 15 nitrogen and oxygen atoms in total. The van der Waals surface area contributed by atoms with Crippen LogP contribution < -0.4 is 33.2 Å². The molecular formula is C21H36N6O9. The van der Waals surface area contributed by atoms with Gasteiger partial charge in [-0.3, -0.25) is 28.8 Å². The van der Waals surface area contributed by atoms with Crippen molar-refractivity contribution in [3.05, 3.63) is 0 Å². The van der Waals surface area contributed by atoms with E-state index in [2.05, 4.69) is 16.0 Å². The summed E-state index contributed by atoms with van der Waals surface area (Å²) in [5.41, 5.74) is 15.8. The van der Waals surface area contributed by atoms with E-state index in [4.69, 9.17) is 22.3 Å². The Morgan fingerprint density at radius 2 is 1.11 bits per heavy atom. The van der Waals surface area contributed by atoms with Crippen LogP contribution in [0.3, 0.4) is 0 Å². The van der Waals surface area contributed by atoms with Gasteiger partial charge in [-0.15, -0.1) is 0 Å². The smallest absolute Gasteiger partial charge is 0.326 e. The molecule has 5 amide bonds. The highest BCUT2D eigenvalue weighted by Crippen LogP contribution is 2.09.